The summed E-state index contributed by atoms with van der Waals surface area (Å²) in [5, 5.41) is 9.46. The lowest BCUT2D eigenvalue weighted by atomic mass is 9.97. The second-order valence-corrected chi connectivity index (χ2v) is 4.05. The molecular weight excluding hydrogens is 282 g/mol. The summed E-state index contributed by atoms with van der Waals surface area (Å²) >= 11 is 3.34. The zero-order valence-electron chi connectivity index (χ0n) is 9.92. The molecule has 0 unspecified atom stereocenters. The number of ether oxygens (including phenoxy) is 1. The highest BCUT2D eigenvalue weighted by molar-refractivity contribution is 9.08. The van der Waals surface area contributed by atoms with Gasteiger partial charge in [-0.3, -0.25) is 0 Å². The zero-order valence-corrected chi connectivity index (χ0v) is 11.5. The van der Waals surface area contributed by atoms with Crippen LogP contribution in [0.4, 0.5) is 0 Å². The van der Waals surface area contributed by atoms with Gasteiger partial charge < -0.3 is 4.74 Å². The fraction of sp³-hybridized carbons (Fsp3) is 0.385. The van der Waals surface area contributed by atoms with Crippen molar-refractivity contribution in [3.8, 4) is 6.07 Å². The quantitative estimate of drug-likeness (QED) is 0.633. The summed E-state index contributed by atoms with van der Waals surface area (Å²) in [6, 6.07) is 5.57. The fourth-order valence-corrected chi connectivity index (χ4v) is 2.12. The van der Waals surface area contributed by atoms with Crippen molar-refractivity contribution in [2.75, 3.05) is 6.61 Å². The summed E-state index contributed by atoms with van der Waals surface area (Å²) in [6.07, 6.45) is 0.698. The second kappa shape index (κ2) is 6.41. The van der Waals surface area contributed by atoms with E-state index in [-0.39, 0.29) is 5.97 Å². The first kappa shape index (κ1) is 13.7. The number of nitrogens with zero attached hydrogens (tertiary/aromatic N) is 1. The van der Waals surface area contributed by atoms with Crippen LogP contribution in [-0.4, -0.2) is 12.6 Å². The average molecular weight is 296 g/mol. The summed E-state index contributed by atoms with van der Waals surface area (Å²) in [7, 11) is 0. The molecule has 0 aliphatic heterocycles. The van der Waals surface area contributed by atoms with Crippen LogP contribution in [0.25, 0.3) is 0 Å². The van der Waals surface area contributed by atoms with Crippen LogP contribution in [0.1, 0.15) is 40.9 Å². The monoisotopic (exact) mass is 295 g/mol. The van der Waals surface area contributed by atoms with E-state index in [2.05, 4.69) is 22.0 Å². The van der Waals surface area contributed by atoms with Gasteiger partial charge in [0.05, 0.1) is 23.8 Å². The third kappa shape index (κ3) is 3.07. The van der Waals surface area contributed by atoms with Gasteiger partial charge in [0.1, 0.15) is 0 Å². The zero-order chi connectivity index (χ0) is 12.8. The minimum absolute atomic E-state index is 0.316. The number of esters is 1. The van der Waals surface area contributed by atoms with Crippen LogP contribution in [0, 0.1) is 11.3 Å². The molecule has 3 nitrogen and oxygen atoms in total. The molecule has 1 rings (SSSR count). The van der Waals surface area contributed by atoms with Gasteiger partial charge >= 0.3 is 5.97 Å². The van der Waals surface area contributed by atoms with Crippen molar-refractivity contribution >= 4 is 21.9 Å². The van der Waals surface area contributed by atoms with Gasteiger partial charge in [-0.2, -0.15) is 5.26 Å². The van der Waals surface area contributed by atoms with Crippen molar-refractivity contribution in [3.05, 3.63) is 34.4 Å². The molecule has 0 saturated carbocycles. The summed E-state index contributed by atoms with van der Waals surface area (Å²) in [5.74, 6) is -0.316. The van der Waals surface area contributed by atoms with Crippen LogP contribution in [0.5, 0.6) is 0 Å². The molecule has 0 saturated heterocycles. The maximum atomic E-state index is 11.9. The molecular formula is C13H14BrNO2. The van der Waals surface area contributed by atoms with Crippen LogP contribution < -0.4 is 0 Å². The maximum Gasteiger partial charge on any atom is 0.338 e. The largest absolute Gasteiger partial charge is 0.462 e. The highest BCUT2D eigenvalue weighted by Gasteiger charge is 2.17. The predicted octanol–water partition coefficient (Wildman–Crippen LogP) is 3.19. The Morgan fingerprint density at radius 3 is 2.53 bits per heavy atom. The Labute approximate surface area is 110 Å². The van der Waals surface area contributed by atoms with E-state index in [1.54, 1.807) is 19.1 Å². The molecule has 0 amide bonds. The molecule has 0 atom stereocenters. The molecule has 0 heterocycles. The minimum atomic E-state index is -0.316. The molecule has 4 heteroatoms. The SMILES string of the molecule is CCOC(=O)c1c(CC)cc(C#N)cc1CBr. The number of alkyl halides is 1. The number of nitriles is 1. The molecule has 0 aromatic heterocycles. The van der Waals surface area contributed by atoms with E-state index < -0.39 is 0 Å². The Balaban J connectivity index is 3.35. The number of hydrogen-bond acceptors (Lipinski definition) is 3. The van der Waals surface area contributed by atoms with E-state index in [0.717, 1.165) is 11.1 Å². The first-order valence-electron chi connectivity index (χ1n) is 5.46. The highest BCUT2D eigenvalue weighted by Crippen LogP contribution is 2.22. The number of carbonyl (C=O) groups is 1. The molecule has 0 spiro atoms. The summed E-state index contributed by atoms with van der Waals surface area (Å²) < 4.78 is 5.04. The third-order valence-corrected chi connectivity index (χ3v) is 3.04. The van der Waals surface area contributed by atoms with Crippen LogP contribution >= 0.6 is 15.9 Å². The van der Waals surface area contributed by atoms with Crippen molar-refractivity contribution in [2.24, 2.45) is 0 Å². The van der Waals surface area contributed by atoms with Crippen molar-refractivity contribution in [1.29, 1.82) is 5.26 Å². The van der Waals surface area contributed by atoms with Gasteiger partial charge in [0, 0.05) is 5.33 Å². The van der Waals surface area contributed by atoms with Crippen LogP contribution in [0.2, 0.25) is 0 Å². The summed E-state index contributed by atoms with van der Waals surface area (Å²) in [4.78, 5) is 11.9. The standard InChI is InChI=1S/C13H14BrNO2/c1-3-10-5-9(8-15)6-11(7-14)12(10)13(16)17-4-2/h5-6H,3-4,7H2,1-2H3. The van der Waals surface area contributed by atoms with E-state index in [1.165, 1.54) is 0 Å². The summed E-state index contributed by atoms with van der Waals surface area (Å²) in [6.45, 7) is 4.09. The van der Waals surface area contributed by atoms with Gasteiger partial charge in [-0.05, 0) is 36.6 Å². The molecule has 0 radical (unpaired) electrons. The summed E-state index contributed by atoms with van der Waals surface area (Å²) in [5.41, 5.74) is 2.82. The van der Waals surface area contributed by atoms with Crippen molar-refractivity contribution in [3.63, 3.8) is 0 Å². The van der Waals surface area contributed by atoms with Gasteiger partial charge in [0.25, 0.3) is 0 Å². The van der Waals surface area contributed by atoms with Gasteiger partial charge in [-0.1, -0.05) is 22.9 Å². The van der Waals surface area contributed by atoms with Gasteiger partial charge in [0.15, 0.2) is 0 Å². The van der Waals surface area contributed by atoms with E-state index >= 15 is 0 Å². The van der Waals surface area contributed by atoms with Crippen molar-refractivity contribution in [1.82, 2.24) is 0 Å². The van der Waals surface area contributed by atoms with Crippen LogP contribution in [0.3, 0.4) is 0 Å². The minimum Gasteiger partial charge on any atom is -0.462 e. The number of rotatable bonds is 4. The lowest BCUT2D eigenvalue weighted by molar-refractivity contribution is 0.0524. The first-order chi connectivity index (χ1) is 8.17. The van der Waals surface area contributed by atoms with Gasteiger partial charge in [-0.15, -0.1) is 0 Å². The van der Waals surface area contributed by atoms with Crippen LogP contribution in [0.15, 0.2) is 12.1 Å². The Morgan fingerprint density at radius 2 is 2.06 bits per heavy atom. The van der Waals surface area contributed by atoms with E-state index in [4.69, 9.17) is 10.00 Å². The number of hydrogen-bond donors (Lipinski definition) is 0. The molecule has 17 heavy (non-hydrogen) atoms. The van der Waals surface area contributed by atoms with Crippen LogP contribution in [-0.2, 0) is 16.5 Å². The lowest BCUT2D eigenvalue weighted by Gasteiger charge is -2.12. The van der Waals surface area contributed by atoms with Gasteiger partial charge in [-0.25, -0.2) is 4.79 Å². The molecule has 0 N–H and O–H groups in total. The molecule has 0 bridgehead atoms. The normalized spacial score (nSPS) is 9.76. The average Bonchev–Trinajstić information content (AvgIpc) is 2.37. The molecule has 0 aliphatic carbocycles. The Bertz CT molecular complexity index is 438. The smallest absolute Gasteiger partial charge is 0.338 e. The van der Waals surface area contributed by atoms with E-state index in [0.29, 0.717) is 29.5 Å². The number of halogens is 1. The van der Waals surface area contributed by atoms with Gasteiger partial charge in [0.2, 0.25) is 0 Å². The Morgan fingerprint density at radius 1 is 1.41 bits per heavy atom. The molecule has 90 valence electrons. The topological polar surface area (TPSA) is 50.1 Å². The highest BCUT2D eigenvalue weighted by atomic mass is 79.9. The number of benzene rings is 1. The molecule has 1 aromatic carbocycles. The third-order valence-electron chi connectivity index (χ3n) is 2.44. The van der Waals surface area contributed by atoms with Crippen molar-refractivity contribution < 1.29 is 9.53 Å². The first-order valence-corrected chi connectivity index (χ1v) is 6.59. The number of aryl methyl sites for hydroxylation is 1. The Hall–Kier alpha value is -1.34. The van der Waals surface area contributed by atoms with E-state index in [1.807, 2.05) is 6.92 Å². The van der Waals surface area contributed by atoms with E-state index in [9.17, 15) is 4.79 Å². The number of carbonyl (C=O) groups excluding carboxylic acids is 1. The maximum absolute atomic E-state index is 11.9. The second-order valence-electron chi connectivity index (χ2n) is 3.49. The van der Waals surface area contributed by atoms with Crippen molar-refractivity contribution in [2.45, 2.75) is 25.6 Å². The molecule has 0 aliphatic rings. The molecule has 1 aromatic rings. The fourth-order valence-electron chi connectivity index (χ4n) is 1.68. The lowest BCUT2D eigenvalue weighted by Crippen LogP contribution is -2.11. The predicted molar refractivity (Wildman–Crippen MR) is 69.1 cm³/mol. The Kier molecular flexibility index (Phi) is 5.17. The molecule has 0 fully saturated rings.